The molecule has 0 radical (unpaired) electrons. The molecule has 6 rings (SSSR count). The zero-order valence-corrected chi connectivity index (χ0v) is 19.0. The number of thiazole rings is 1. The maximum absolute atomic E-state index is 5.75. The smallest absolute Gasteiger partial charge is 0.165 e. The lowest BCUT2D eigenvalue weighted by Gasteiger charge is -2.40. The Kier molecular flexibility index (Phi) is 4.54. The van der Waals surface area contributed by atoms with Gasteiger partial charge in [-0.25, -0.2) is 15.0 Å². The normalized spacial score (nSPS) is 19.9. The first-order chi connectivity index (χ1) is 15.7. The number of anilines is 1. The van der Waals surface area contributed by atoms with Crippen LogP contribution in [0.4, 0.5) is 5.82 Å². The summed E-state index contributed by atoms with van der Waals surface area (Å²) in [4.78, 5) is 16.7. The molecule has 1 saturated heterocycles. The highest BCUT2D eigenvalue weighted by Crippen LogP contribution is 2.42. The van der Waals surface area contributed by atoms with Crippen molar-refractivity contribution in [3.05, 3.63) is 35.6 Å². The molecular formula is C21H23N9OS. The molecule has 4 aromatic heterocycles. The molecule has 1 unspecified atom stereocenters. The number of hydrogen-bond acceptors (Lipinski definition) is 9. The standard InChI is InChI=1S/C21H23N9OS/c1-4-15-20-27-26-12(2)29(20)16-10-23-18(25-19(16)30(15)13-5-7-31-11-13)14-9-24-28(3)17(14)21-22-6-8-32-21/h6,8-10,13,15H,4-5,7,11H2,1-3H3/t13-,15?/m1/s1. The van der Waals surface area contributed by atoms with Crippen LogP contribution in [0.25, 0.3) is 27.8 Å². The van der Waals surface area contributed by atoms with Gasteiger partial charge in [-0.15, -0.1) is 21.5 Å². The zero-order chi connectivity index (χ0) is 21.8. The number of ether oxygens (including phenoxy) is 1. The van der Waals surface area contributed by atoms with E-state index < -0.39 is 0 Å². The molecule has 10 nitrogen and oxygen atoms in total. The van der Waals surface area contributed by atoms with E-state index in [0.29, 0.717) is 12.4 Å². The van der Waals surface area contributed by atoms with E-state index in [4.69, 9.17) is 14.7 Å². The minimum Gasteiger partial charge on any atom is -0.379 e. The van der Waals surface area contributed by atoms with Crippen LogP contribution in [0.15, 0.2) is 24.0 Å². The summed E-state index contributed by atoms with van der Waals surface area (Å²) in [5.41, 5.74) is 2.69. The topological polar surface area (TPSA) is 99.7 Å². The van der Waals surface area contributed by atoms with Gasteiger partial charge >= 0.3 is 0 Å². The fraction of sp³-hybridized carbons (Fsp3) is 0.429. The third-order valence-corrected chi connectivity index (χ3v) is 7.00. The maximum Gasteiger partial charge on any atom is 0.165 e. The van der Waals surface area contributed by atoms with Crippen LogP contribution < -0.4 is 4.90 Å². The summed E-state index contributed by atoms with van der Waals surface area (Å²) in [6.45, 7) is 5.58. The zero-order valence-electron chi connectivity index (χ0n) is 18.1. The van der Waals surface area contributed by atoms with Gasteiger partial charge in [0, 0.05) is 25.2 Å². The van der Waals surface area contributed by atoms with Crippen LogP contribution in [0, 0.1) is 6.92 Å². The molecule has 0 saturated carbocycles. The van der Waals surface area contributed by atoms with Crippen LogP contribution in [0.3, 0.4) is 0 Å². The van der Waals surface area contributed by atoms with E-state index in [9.17, 15) is 0 Å². The summed E-state index contributed by atoms with van der Waals surface area (Å²) in [7, 11) is 1.92. The molecule has 0 N–H and O–H groups in total. The lowest BCUT2D eigenvalue weighted by Crippen LogP contribution is -2.43. The van der Waals surface area contributed by atoms with Gasteiger partial charge in [0.05, 0.1) is 36.6 Å². The van der Waals surface area contributed by atoms with Crippen molar-refractivity contribution in [1.82, 2.24) is 39.5 Å². The van der Waals surface area contributed by atoms with E-state index in [1.807, 2.05) is 36.4 Å². The van der Waals surface area contributed by atoms with Crippen LogP contribution in [0.5, 0.6) is 0 Å². The Balaban J connectivity index is 1.56. The Hall–Kier alpha value is -3.18. The van der Waals surface area contributed by atoms with Gasteiger partial charge in [-0.1, -0.05) is 6.92 Å². The highest BCUT2D eigenvalue weighted by atomic mass is 32.1. The molecular weight excluding hydrogens is 426 g/mol. The summed E-state index contributed by atoms with van der Waals surface area (Å²) in [5.74, 6) is 3.30. The second kappa shape index (κ2) is 7.45. The molecule has 0 spiro atoms. The van der Waals surface area contributed by atoms with Crippen molar-refractivity contribution in [2.75, 3.05) is 18.1 Å². The van der Waals surface area contributed by atoms with Gasteiger partial charge < -0.3 is 9.64 Å². The molecule has 2 aliphatic rings. The van der Waals surface area contributed by atoms with Gasteiger partial charge in [-0.05, 0) is 19.8 Å². The van der Waals surface area contributed by atoms with Crippen molar-refractivity contribution in [2.24, 2.45) is 7.05 Å². The van der Waals surface area contributed by atoms with E-state index >= 15 is 0 Å². The number of rotatable bonds is 4. The third-order valence-electron chi connectivity index (χ3n) is 6.22. The first-order valence-corrected chi connectivity index (χ1v) is 11.6. The minimum atomic E-state index is 0.0745. The molecule has 4 aromatic rings. The van der Waals surface area contributed by atoms with Gasteiger partial charge in [0.2, 0.25) is 0 Å². The molecule has 32 heavy (non-hydrogen) atoms. The first-order valence-electron chi connectivity index (χ1n) is 10.7. The molecule has 2 aliphatic heterocycles. The van der Waals surface area contributed by atoms with Crippen LogP contribution in [-0.2, 0) is 11.8 Å². The van der Waals surface area contributed by atoms with E-state index in [1.54, 1.807) is 17.5 Å². The predicted molar refractivity (Wildman–Crippen MR) is 120 cm³/mol. The van der Waals surface area contributed by atoms with E-state index in [1.165, 1.54) is 0 Å². The average molecular weight is 450 g/mol. The maximum atomic E-state index is 5.75. The number of aromatic nitrogens is 8. The summed E-state index contributed by atoms with van der Waals surface area (Å²) in [6, 6.07) is 0.310. The first kappa shape index (κ1) is 19.5. The average Bonchev–Trinajstić information content (AvgIpc) is 3.60. The fourth-order valence-electron chi connectivity index (χ4n) is 4.75. The Bertz CT molecular complexity index is 1270. The minimum absolute atomic E-state index is 0.0745. The number of fused-ring (bicyclic) bond motifs is 3. The molecule has 0 amide bonds. The predicted octanol–water partition coefficient (Wildman–Crippen LogP) is 2.95. The SMILES string of the molecule is CCC1c2nnc(C)n2-c2cnc(-c3cnn(C)c3-c3nccs3)nc2N1[C@@H]1CCOC1. The molecule has 2 atom stereocenters. The Morgan fingerprint density at radius 1 is 1.22 bits per heavy atom. The summed E-state index contributed by atoms with van der Waals surface area (Å²) >= 11 is 1.58. The molecule has 6 heterocycles. The molecule has 1 fully saturated rings. The van der Waals surface area contributed by atoms with Crippen LogP contribution in [0.2, 0.25) is 0 Å². The van der Waals surface area contributed by atoms with Crippen molar-refractivity contribution in [1.29, 1.82) is 0 Å². The van der Waals surface area contributed by atoms with Crippen molar-refractivity contribution in [3.63, 3.8) is 0 Å². The van der Waals surface area contributed by atoms with Gasteiger partial charge in [0.15, 0.2) is 17.5 Å². The van der Waals surface area contributed by atoms with Crippen molar-refractivity contribution in [3.8, 4) is 27.8 Å². The highest BCUT2D eigenvalue weighted by molar-refractivity contribution is 7.13. The Labute approximate surface area is 188 Å². The number of aryl methyl sites for hydroxylation is 2. The second-order valence-electron chi connectivity index (χ2n) is 8.06. The molecule has 0 aliphatic carbocycles. The second-order valence-corrected chi connectivity index (χ2v) is 8.95. The van der Waals surface area contributed by atoms with Crippen molar-refractivity contribution >= 4 is 17.2 Å². The van der Waals surface area contributed by atoms with E-state index in [2.05, 4.69) is 36.7 Å². The monoisotopic (exact) mass is 449 g/mol. The lowest BCUT2D eigenvalue weighted by atomic mass is 10.0. The highest BCUT2D eigenvalue weighted by Gasteiger charge is 2.40. The third kappa shape index (κ3) is 2.81. The molecule has 11 heteroatoms. The summed E-state index contributed by atoms with van der Waals surface area (Å²) in [6.07, 6.45) is 7.35. The molecule has 0 aromatic carbocycles. The van der Waals surface area contributed by atoms with Crippen LogP contribution in [0.1, 0.15) is 37.5 Å². The van der Waals surface area contributed by atoms with E-state index in [-0.39, 0.29) is 12.1 Å². The van der Waals surface area contributed by atoms with Gasteiger partial charge in [0.25, 0.3) is 0 Å². The largest absolute Gasteiger partial charge is 0.379 e. The van der Waals surface area contributed by atoms with Crippen LogP contribution >= 0.6 is 11.3 Å². The molecule has 0 bridgehead atoms. The van der Waals surface area contributed by atoms with Gasteiger partial charge in [0.1, 0.15) is 22.2 Å². The van der Waals surface area contributed by atoms with Crippen molar-refractivity contribution in [2.45, 2.75) is 38.8 Å². The lowest BCUT2D eigenvalue weighted by molar-refractivity contribution is 0.191. The van der Waals surface area contributed by atoms with E-state index in [0.717, 1.165) is 58.9 Å². The van der Waals surface area contributed by atoms with Gasteiger partial charge in [-0.2, -0.15) is 5.10 Å². The summed E-state index contributed by atoms with van der Waals surface area (Å²) < 4.78 is 9.67. The van der Waals surface area contributed by atoms with Crippen molar-refractivity contribution < 1.29 is 4.74 Å². The van der Waals surface area contributed by atoms with Gasteiger partial charge in [-0.3, -0.25) is 9.25 Å². The van der Waals surface area contributed by atoms with Crippen LogP contribution in [-0.4, -0.2) is 58.8 Å². The fourth-order valence-corrected chi connectivity index (χ4v) is 5.48. The Morgan fingerprint density at radius 2 is 2.12 bits per heavy atom. The molecule has 164 valence electrons. The Morgan fingerprint density at radius 3 is 2.88 bits per heavy atom. The quantitative estimate of drug-likeness (QED) is 0.469. The summed E-state index contributed by atoms with van der Waals surface area (Å²) in [5, 5.41) is 16.2. The number of hydrogen-bond donors (Lipinski definition) is 0. The number of nitrogens with zero attached hydrogens (tertiary/aromatic N) is 9.